The molecular formula is C19H22N2O6. The molecule has 0 amide bonds. The average molecular weight is 374 g/mol. The Labute approximate surface area is 155 Å². The maximum Gasteiger partial charge on any atom is 0.331 e. The normalized spacial score (nSPS) is 19.0. The van der Waals surface area contributed by atoms with Crippen LogP contribution in [-0.4, -0.2) is 40.7 Å². The van der Waals surface area contributed by atoms with Gasteiger partial charge in [0.25, 0.3) is 5.56 Å². The Morgan fingerprint density at radius 3 is 2.74 bits per heavy atom. The Morgan fingerprint density at radius 2 is 2.11 bits per heavy atom. The molecule has 3 rings (SSSR count). The molecule has 0 spiro atoms. The highest BCUT2D eigenvalue weighted by molar-refractivity contribution is 5.88. The SMILES string of the molecule is COC(=O)C=Cc1ccc2c(=O)n(CC3COC(C)(C)O3)c(=O)n(C)c2c1. The molecule has 0 radical (unpaired) electrons. The molecule has 1 saturated heterocycles. The van der Waals surface area contributed by atoms with Gasteiger partial charge in [-0.25, -0.2) is 9.59 Å². The largest absolute Gasteiger partial charge is 0.466 e. The number of aromatic nitrogens is 2. The van der Waals surface area contributed by atoms with E-state index in [2.05, 4.69) is 4.74 Å². The lowest BCUT2D eigenvalue weighted by molar-refractivity contribution is -0.139. The number of carbonyl (C=O) groups is 1. The maximum absolute atomic E-state index is 12.8. The molecule has 1 aliphatic rings. The molecule has 1 aromatic heterocycles. The zero-order chi connectivity index (χ0) is 19.8. The molecule has 1 atom stereocenters. The van der Waals surface area contributed by atoms with Crippen LogP contribution in [0.3, 0.4) is 0 Å². The summed E-state index contributed by atoms with van der Waals surface area (Å²) in [6.07, 6.45) is 2.47. The quantitative estimate of drug-likeness (QED) is 0.587. The van der Waals surface area contributed by atoms with Gasteiger partial charge in [0.2, 0.25) is 0 Å². The van der Waals surface area contributed by atoms with Crippen molar-refractivity contribution in [3.05, 3.63) is 50.7 Å². The van der Waals surface area contributed by atoms with Crippen molar-refractivity contribution >= 4 is 22.9 Å². The fourth-order valence-electron chi connectivity index (χ4n) is 3.08. The van der Waals surface area contributed by atoms with E-state index >= 15 is 0 Å². The number of aryl methyl sites for hydroxylation is 1. The fourth-order valence-corrected chi connectivity index (χ4v) is 3.08. The molecule has 8 heteroatoms. The molecule has 2 heterocycles. The number of rotatable bonds is 4. The minimum Gasteiger partial charge on any atom is -0.466 e. The topological polar surface area (TPSA) is 88.8 Å². The van der Waals surface area contributed by atoms with Gasteiger partial charge >= 0.3 is 11.7 Å². The number of methoxy groups -OCH3 is 1. The minimum absolute atomic E-state index is 0.120. The second-order valence-electron chi connectivity index (χ2n) is 6.84. The van der Waals surface area contributed by atoms with Gasteiger partial charge in [0.1, 0.15) is 6.10 Å². The summed E-state index contributed by atoms with van der Waals surface area (Å²) in [6.45, 7) is 4.02. The summed E-state index contributed by atoms with van der Waals surface area (Å²) in [4.78, 5) is 36.8. The van der Waals surface area contributed by atoms with Gasteiger partial charge in [0.05, 0.1) is 31.2 Å². The maximum atomic E-state index is 12.8. The number of ether oxygens (including phenoxy) is 3. The number of hydrogen-bond donors (Lipinski definition) is 0. The summed E-state index contributed by atoms with van der Waals surface area (Å²) in [5, 5.41) is 0.408. The van der Waals surface area contributed by atoms with Gasteiger partial charge < -0.3 is 14.2 Å². The van der Waals surface area contributed by atoms with E-state index in [0.717, 1.165) is 0 Å². The van der Waals surface area contributed by atoms with Crippen LogP contribution in [-0.2, 0) is 32.6 Å². The van der Waals surface area contributed by atoms with Crippen molar-refractivity contribution in [2.75, 3.05) is 13.7 Å². The molecule has 2 aromatic rings. The summed E-state index contributed by atoms with van der Waals surface area (Å²) in [7, 11) is 2.89. The van der Waals surface area contributed by atoms with Gasteiger partial charge in [-0.15, -0.1) is 0 Å². The highest BCUT2D eigenvalue weighted by Crippen LogP contribution is 2.22. The van der Waals surface area contributed by atoms with Gasteiger partial charge in [0, 0.05) is 13.1 Å². The number of hydrogen-bond acceptors (Lipinski definition) is 6. The van der Waals surface area contributed by atoms with Gasteiger partial charge in [-0.3, -0.25) is 13.9 Å². The van der Waals surface area contributed by atoms with Crippen LogP contribution in [0.2, 0.25) is 0 Å². The van der Waals surface area contributed by atoms with Crippen LogP contribution in [0.1, 0.15) is 19.4 Å². The summed E-state index contributed by atoms with van der Waals surface area (Å²) in [6, 6.07) is 5.02. The first kappa shape index (κ1) is 19.1. The molecule has 144 valence electrons. The predicted octanol–water partition coefficient (Wildman–Crippen LogP) is 1.04. The van der Waals surface area contributed by atoms with Crippen LogP contribution >= 0.6 is 0 Å². The van der Waals surface area contributed by atoms with Crippen LogP contribution in [0.4, 0.5) is 0 Å². The van der Waals surface area contributed by atoms with E-state index in [0.29, 0.717) is 23.1 Å². The van der Waals surface area contributed by atoms with Crippen molar-refractivity contribution in [1.29, 1.82) is 0 Å². The Hall–Kier alpha value is -2.71. The highest BCUT2D eigenvalue weighted by atomic mass is 16.7. The van der Waals surface area contributed by atoms with Crippen molar-refractivity contribution in [2.24, 2.45) is 7.05 Å². The molecule has 1 aliphatic heterocycles. The average Bonchev–Trinajstić information content (AvgIpc) is 2.99. The summed E-state index contributed by atoms with van der Waals surface area (Å²) < 4.78 is 18.4. The minimum atomic E-state index is -0.725. The third kappa shape index (κ3) is 3.86. The molecule has 8 nitrogen and oxygen atoms in total. The second-order valence-corrected chi connectivity index (χ2v) is 6.84. The van der Waals surface area contributed by atoms with Crippen LogP contribution in [0.25, 0.3) is 17.0 Å². The molecule has 0 N–H and O–H groups in total. The van der Waals surface area contributed by atoms with Gasteiger partial charge in [-0.05, 0) is 37.6 Å². The van der Waals surface area contributed by atoms with E-state index in [1.807, 2.05) is 0 Å². The number of fused-ring (bicyclic) bond motifs is 1. The summed E-state index contributed by atoms with van der Waals surface area (Å²) >= 11 is 0. The molecule has 0 saturated carbocycles. The number of nitrogens with zero attached hydrogens (tertiary/aromatic N) is 2. The Kier molecular flexibility index (Phi) is 5.03. The molecule has 1 fully saturated rings. The lowest BCUT2D eigenvalue weighted by Gasteiger charge is -2.18. The molecular weight excluding hydrogens is 352 g/mol. The van der Waals surface area contributed by atoms with Gasteiger partial charge in [-0.2, -0.15) is 0 Å². The smallest absolute Gasteiger partial charge is 0.331 e. The van der Waals surface area contributed by atoms with E-state index in [9.17, 15) is 14.4 Å². The Morgan fingerprint density at radius 1 is 1.37 bits per heavy atom. The molecule has 1 aromatic carbocycles. The zero-order valence-electron chi connectivity index (χ0n) is 15.7. The molecule has 0 bridgehead atoms. The number of esters is 1. The standard InChI is InChI=1S/C19H22N2O6/c1-19(2)26-11-13(27-19)10-21-17(23)14-7-5-12(6-8-16(22)25-4)9-15(14)20(3)18(21)24/h5-9,13H,10-11H2,1-4H3. The van der Waals surface area contributed by atoms with Crippen molar-refractivity contribution in [3.63, 3.8) is 0 Å². The van der Waals surface area contributed by atoms with Gasteiger partial charge in [-0.1, -0.05) is 6.07 Å². The molecule has 1 unspecified atom stereocenters. The first-order chi connectivity index (χ1) is 12.7. The van der Waals surface area contributed by atoms with E-state index < -0.39 is 17.4 Å². The highest BCUT2D eigenvalue weighted by Gasteiger charge is 2.33. The summed E-state index contributed by atoms with van der Waals surface area (Å²) in [5.74, 6) is -1.21. The number of carbonyl (C=O) groups excluding carboxylic acids is 1. The molecule has 27 heavy (non-hydrogen) atoms. The van der Waals surface area contributed by atoms with Crippen LogP contribution < -0.4 is 11.2 Å². The Balaban J connectivity index is 2.01. The third-order valence-electron chi connectivity index (χ3n) is 4.44. The van der Waals surface area contributed by atoms with E-state index in [-0.39, 0.29) is 18.2 Å². The van der Waals surface area contributed by atoms with E-state index in [4.69, 9.17) is 9.47 Å². The first-order valence-corrected chi connectivity index (χ1v) is 8.53. The summed E-state index contributed by atoms with van der Waals surface area (Å²) in [5.41, 5.74) is 0.339. The van der Waals surface area contributed by atoms with Crippen LogP contribution in [0.5, 0.6) is 0 Å². The zero-order valence-corrected chi connectivity index (χ0v) is 15.7. The van der Waals surface area contributed by atoms with Gasteiger partial charge in [0.15, 0.2) is 5.79 Å². The first-order valence-electron chi connectivity index (χ1n) is 8.53. The molecule has 0 aliphatic carbocycles. The lowest BCUT2D eigenvalue weighted by atomic mass is 10.1. The third-order valence-corrected chi connectivity index (χ3v) is 4.44. The Bertz CT molecular complexity index is 1030. The fraction of sp³-hybridized carbons (Fsp3) is 0.421. The number of benzene rings is 1. The monoisotopic (exact) mass is 374 g/mol. The lowest BCUT2D eigenvalue weighted by Crippen LogP contribution is -2.42. The van der Waals surface area contributed by atoms with Crippen LogP contribution in [0, 0.1) is 0 Å². The van der Waals surface area contributed by atoms with E-state index in [1.54, 1.807) is 45.2 Å². The van der Waals surface area contributed by atoms with Crippen LogP contribution in [0.15, 0.2) is 33.9 Å². The van der Waals surface area contributed by atoms with Crippen molar-refractivity contribution < 1.29 is 19.0 Å². The van der Waals surface area contributed by atoms with Crippen molar-refractivity contribution in [3.8, 4) is 0 Å². The van der Waals surface area contributed by atoms with E-state index in [1.165, 1.54) is 22.3 Å². The van der Waals surface area contributed by atoms with Crippen molar-refractivity contribution in [2.45, 2.75) is 32.3 Å². The predicted molar refractivity (Wildman–Crippen MR) is 99.4 cm³/mol. The second kappa shape index (κ2) is 7.13. The van der Waals surface area contributed by atoms with Crippen molar-refractivity contribution in [1.82, 2.24) is 9.13 Å².